The molecule has 0 bridgehead atoms. The van der Waals surface area contributed by atoms with Gasteiger partial charge in [-0.2, -0.15) is 5.26 Å². The number of nitrogens with one attached hydrogen (secondary N) is 1. The number of fused-ring (bicyclic) bond motifs is 1. The zero-order valence-electron chi connectivity index (χ0n) is 18.7. The predicted octanol–water partition coefficient (Wildman–Crippen LogP) is 5.27. The zero-order valence-corrected chi connectivity index (χ0v) is 19.5. The van der Waals surface area contributed by atoms with Crippen LogP contribution < -0.4 is 4.72 Å². The molecule has 1 N–H and O–H groups in total. The van der Waals surface area contributed by atoms with Crippen molar-refractivity contribution in [2.24, 2.45) is 0 Å². The summed E-state index contributed by atoms with van der Waals surface area (Å²) in [6.45, 7) is 0. The summed E-state index contributed by atoms with van der Waals surface area (Å²) in [6, 6.07) is 29.9. The van der Waals surface area contributed by atoms with E-state index in [0.29, 0.717) is 39.9 Å². The second-order valence-corrected chi connectivity index (χ2v) is 9.73. The Morgan fingerprint density at radius 2 is 1.26 bits per heavy atom. The van der Waals surface area contributed by atoms with Crippen LogP contribution in [0.3, 0.4) is 0 Å². The number of nitriles is 1. The Morgan fingerprint density at radius 1 is 0.714 bits per heavy atom. The average Bonchev–Trinajstić information content (AvgIpc) is 2.87. The number of nitrogens with zero attached hydrogens (tertiary/aromatic N) is 4. The van der Waals surface area contributed by atoms with E-state index in [9.17, 15) is 8.42 Å². The minimum Gasteiger partial charge on any atom is -0.283 e. The van der Waals surface area contributed by atoms with Crippen molar-refractivity contribution in [3.05, 3.63) is 96.6 Å². The molecule has 0 aliphatic rings. The lowest BCUT2D eigenvalue weighted by Gasteiger charge is -2.14. The first kappa shape index (κ1) is 22.2. The highest BCUT2D eigenvalue weighted by molar-refractivity contribution is 7.92. The summed E-state index contributed by atoms with van der Waals surface area (Å²) in [5, 5.41) is 10.9. The van der Waals surface area contributed by atoms with Crippen LogP contribution in [-0.4, -0.2) is 29.6 Å². The third-order valence-corrected chi connectivity index (χ3v) is 5.95. The van der Waals surface area contributed by atoms with Crippen molar-refractivity contribution < 1.29 is 8.42 Å². The topological polar surface area (TPSA) is 109 Å². The molecular formula is C27H19N5O2S. The van der Waals surface area contributed by atoms with Crippen LogP contribution in [0.1, 0.15) is 5.56 Å². The molecule has 0 spiro atoms. The lowest BCUT2D eigenvalue weighted by Crippen LogP contribution is -2.11. The van der Waals surface area contributed by atoms with Crippen LogP contribution in [-0.2, 0) is 10.0 Å². The molecule has 0 saturated heterocycles. The molecule has 170 valence electrons. The SMILES string of the molecule is CS(=O)(=O)Nc1cc2ccccc2cc1-c1nc(-c2ccccc2)nc(-c2ccc(C#N)cc2)n1. The fourth-order valence-corrected chi connectivity index (χ4v) is 4.31. The van der Waals surface area contributed by atoms with Crippen molar-refractivity contribution in [3.63, 3.8) is 0 Å². The maximum Gasteiger partial charge on any atom is 0.229 e. The second-order valence-electron chi connectivity index (χ2n) is 7.98. The molecule has 1 aromatic heterocycles. The van der Waals surface area contributed by atoms with Gasteiger partial charge in [0.15, 0.2) is 17.5 Å². The van der Waals surface area contributed by atoms with Gasteiger partial charge >= 0.3 is 0 Å². The Labute approximate surface area is 202 Å². The number of hydrogen-bond donors (Lipinski definition) is 1. The first-order valence-corrected chi connectivity index (χ1v) is 12.6. The van der Waals surface area contributed by atoms with Crippen LogP contribution in [0, 0.1) is 11.3 Å². The minimum absolute atomic E-state index is 0.329. The quantitative estimate of drug-likeness (QED) is 0.369. The molecule has 0 amide bonds. The molecule has 1 heterocycles. The highest BCUT2D eigenvalue weighted by atomic mass is 32.2. The van der Waals surface area contributed by atoms with Gasteiger partial charge in [0.05, 0.1) is 23.6 Å². The molecule has 35 heavy (non-hydrogen) atoms. The van der Waals surface area contributed by atoms with Crippen LogP contribution in [0.2, 0.25) is 0 Å². The van der Waals surface area contributed by atoms with E-state index < -0.39 is 10.0 Å². The maximum absolute atomic E-state index is 12.2. The van der Waals surface area contributed by atoms with Crippen molar-refractivity contribution in [3.8, 4) is 40.2 Å². The largest absolute Gasteiger partial charge is 0.283 e. The maximum atomic E-state index is 12.2. The van der Waals surface area contributed by atoms with Gasteiger partial charge in [-0.15, -0.1) is 0 Å². The van der Waals surface area contributed by atoms with Gasteiger partial charge in [0.25, 0.3) is 0 Å². The molecule has 0 atom stereocenters. The fraction of sp³-hybridized carbons (Fsp3) is 0.0370. The van der Waals surface area contributed by atoms with Crippen molar-refractivity contribution >= 4 is 26.5 Å². The van der Waals surface area contributed by atoms with Gasteiger partial charge in [-0.25, -0.2) is 23.4 Å². The summed E-state index contributed by atoms with van der Waals surface area (Å²) in [7, 11) is -3.56. The van der Waals surface area contributed by atoms with Gasteiger partial charge in [-0.05, 0) is 47.2 Å². The van der Waals surface area contributed by atoms with Gasteiger partial charge in [-0.3, -0.25) is 4.72 Å². The van der Waals surface area contributed by atoms with Crippen LogP contribution >= 0.6 is 0 Å². The van der Waals surface area contributed by atoms with Gasteiger partial charge in [0.1, 0.15) is 0 Å². The Morgan fingerprint density at radius 3 is 1.86 bits per heavy atom. The van der Waals surface area contributed by atoms with E-state index in [2.05, 4.69) is 15.8 Å². The molecule has 8 heteroatoms. The van der Waals surface area contributed by atoms with Crippen molar-refractivity contribution in [2.75, 3.05) is 11.0 Å². The van der Waals surface area contributed by atoms with E-state index in [1.807, 2.05) is 60.7 Å². The van der Waals surface area contributed by atoms with Crippen LogP contribution in [0.4, 0.5) is 5.69 Å². The molecular weight excluding hydrogens is 458 g/mol. The van der Waals surface area contributed by atoms with E-state index in [1.54, 1.807) is 30.3 Å². The molecule has 5 rings (SSSR count). The van der Waals surface area contributed by atoms with Crippen molar-refractivity contribution in [1.82, 2.24) is 15.0 Å². The van der Waals surface area contributed by atoms with E-state index >= 15 is 0 Å². The summed E-state index contributed by atoms with van der Waals surface area (Å²) >= 11 is 0. The third-order valence-electron chi connectivity index (χ3n) is 5.36. The zero-order chi connectivity index (χ0) is 24.4. The van der Waals surface area contributed by atoms with Crippen LogP contribution in [0.5, 0.6) is 0 Å². The molecule has 0 radical (unpaired) electrons. The number of rotatable bonds is 5. The number of anilines is 1. The smallest absolute Gasteiger partial charge is 0.229 e. The lowest BCUT2D eigenvalue weighted by molar-refractivity contribution is 0.607. The number of aromatic nitrogens is 3. The fourth-order valence-electron chi connectivity index (χ4n) is 3.75. The molecule has 5 aromatic rings. The summed E-state index contributed by atoms with van der Waals surface area (Å²) in [5.74, 6) is 1.19. The van der Waals surface area contributed by atoms with E-state index in [0.717, 1.165) is 22.6 Å². The van der Waals surface area contributed by atoms with Crippen LogP contribution in [0.15, 0.2) is 91.0 Å². The molecule has 0 unspecified atom stereocenters. The molecule has 0 fully saturated rings. The highest BCUT2D eigenvalue weighted by Gasteiger charge is 2.17. The first-order chi connectivity index (χ1) is 16.9. The Balaban J connectivity index is 1.77. The number of hydrogen-bond acceptors (Lipinski definition) is 6. The normalized spacial score (nSPS) is 11.2. The summed E-state index contributed by atoms with van der Waals surface area (Å²) in [5.41, 5.74) is 2.94. The number of sulfonamides is 1. The number of benzene rings is 4. The average molecular weight is 478 g/mol. The van der Waals surface area contributed by atoms with Gasteiger partial charge < -0.3 is 0 Å². The van der Waals surface area contributed by atoms with Gasteiger partial charge in [0, 0.05) is 16.7 Å². The molecule has 0 aliphatic heterocycles. The van der Waals surface area contributed by atoms with Crippen molar-refractivity contribution in [2.45, 2.75) is 0 Å². The van der Waals surface area contributed by atoms with Gasteiger partial charge in [0.2, 0.25) is 10.0 Å². The van der Waals surface area contributed by atoms with Crippen molar-refractivity contribution in [1.29, 1.82) is 5.26 Å². The van der Waals surface area contributed by atoms with E-state index in [-0.39, 0.29) is 0 Å². The second kappa shape index (κ2) is 8.97. The van der Waals surface area contributed by atoms with E-state index in [4.69, 9.17) is 15.2 Å². The summed E-state index contributed by atoms with van der Waals surface area (Å²) < 4.78 is 26.9. The summed E-state index contributed by atoms with van der Waals surface area (Å²) in [6.07, 6.45) is 1.11. The first-order valence-electron chi connectivity index (χ1n) is 10.7. The Kier molecular flexibility index (Phi) is 5.69. The molecule has 4 aromatic carbocycles. The third kappa shape index (κ3) is 4.86. The monoisotopic (exact) mass is 477 g/mol. The van der Waals surface area contributed by atoms with Crippen LogP contribution in [0.25, 0.3) is 44.9 Å². The molecule has 7 nitrogen and oxygen atoms in total. The Bertz CT molecular complexity index is 1690. The lowest BCUT2D eigenvalue weighted by atomic mass is 10.0. The molecule has 0 saturated carbocycles. The molecule has 0 aliphatic carbocycles. The summed E-state index contributed by atoms with van der Waals surface area (Å²) in [4.78, 5) is 14.1. The van der Waals surface area contributed by atoms with Gasteiger partial charge in [-0.1, -0.05) is 54.6 Å². The van der Waals surface area contributed by atoms with E-state index in [1.165, 1.54) is 0 Å². The minimum atomic E-state index is -3.56. The predicted molar refractivity (Wildman–Crippen MR) is 137 cm³/mol. The Hall–Kier alpha value is -4.61. The highest BCUT2D eigenvalue weighted by Crippen LogP contribution is 2.33. The standard InChI is InChI=1S/C27H19N5O2S/c1-35(33,34)32-24-16-22-10-6-5-9-21(22)15-23(24)27-30-25(19-7-3-2-4-8-19)29-26(31-27)20-13-11-18(17-28)12-14-20/h2-16,32H,1H3.